The van der Waals surface area contributed by atoms with Crippen molar-refractivity contribution in [3.05, 3.63) is 0 Å². The maximum atomic E-state index is 11.7. The highest BCUT2D eigenvalue weighted by molar-refractivity contribution is 5.76. The first-order chi connectivity index (χ1) is 6.65. The fraction of sp³-hybridized carbons (Fsp3) is 0.875. The van der Waals surface area contributed by atoms with Crippen molar-refractivity contribution in [3.8, 4) is 0 Å². The SMILES string of the molecule is CC(O)(CNCCCC(F)(F)F)C(=O)O. The third-order valence-electron chi connectivity index (χ3n) is 1.74. The van der Waals surface area contributed by atoms with Gasteiger partial charge in [-0.2, -0.15) is 13.2 Å². The summed E-state index contributed by atoms with van der Waals surface area (Å²) in [5.41, 5.74) is -1.95. The highest BCUT2D eigenvalue weighted by Gasteiger charge is 2.29. The van der Waals surface area contributed by atoms with E-state index >= 15 is 0 Å². The lowest BCUT2D eigenvalue weighted by Crippen LogP contribution is -2.45. The number of hydrogen-bond acceptors (Lipinski definition) is 3. The molecule has 0 aliphatic heterocycles. The molecule has 0 aliphatic rings. The van der Waals surface area contributed by atoms with Crippen molar-refractivity contribution >= 4 is 5.97 Å². The molecular weight excluding hydrogens is 215 g/mol. The normalized spacial score (nSPS) is 16.1. The summed E-state index contributed by atoms with van der Waals surface area (Å²) in [6.07, 6.45) is -5.26. The molecule has 0 aliphatic carbocycles. The zero-order chi connectivity index (χ0) is 12.1. The Morgan fingerprint density at radius 2 is 1.93 bits per heavy atom. The summed E-state index contributed by atoms with van der Waals surface area (Å²) >= 11 is 0. The van der Waals surface area contributed by atoms with Crippen LogP contribution in [0.5, 0.6) is 0 Å². The highest BCUT2D eigenvalue weighted by atomic mass is 19.4. The average Bonchev–Trinajstić information content (AvgIpc) is 2.00. The van der Waals surface area contributed by atoms with Gasteiger partial charge in [0.15, 0.2) is 5.60 Å². The van der Waals surface area contributed by atoms with Crippen molar-refractivity contribution in [1.82, 2.24) is 5.32 Å². The van der Waals surface area contributed by atoms with Gasteiger partial charge in [0.1, 0.15) is 0 Å². The van der Waals surface area contributed by atoms with E-state index in [9.17, 15) is 18.0 Å². The first-order valence-electron chi connectivity index (χ1n) is 4.38. The summed E-state index contributed by atoms with van der Waals surface area (Å²) in [6, 6.07) is 0. The molecule has 3 N–H and O–H groups in total. The molecule has 0 fully saturated rings. The molecule has 1 unspecified atom stereocenters. The molecule has 0 spiro atoms. The zero-order valence-corrected chi connectivity index (χ0v) is 8.26. The van der Waals surface area contributed by atoms with Crippen LogP contribution in [-0.2, 0) is 4.79 Å². The number of carboxylic acids is 1. The Bertz CT molecular complexity index is 216. The van der Waals surface area contributed by atoms with Crippen molar-refractivity contribution in [2.75, 3.05) is 13.1 Å². The molecule has 0 aromatic heterocycles. The van der Waals surface area contributed by atoms with E-state index in [-0.39, 0.29) is 19.5 Å². The molecular formula is C8H14F3NO3. The van der Waals surface area contributed by atoms with E-state index in [1.807, 2.05) is 0 Å². The number of nitrogens with one attached hydrogen (secondary N) is 1. The molecule has 0 rings (SSSR count). The molecule has 7 heteroatoms. The van der Waals surface area contributed by atoms with Crippen LogP contribution in [0, 0.1) is 0 Å². The number of alkyl halides is 3. The summed E-state index contributed by atoms with van der Waals surface area (Å²) in [4.78, 5) is 10.4. The summed E-state index contributed by atoms with van der Waals surface area (Å²) < 4.78 is 35.0. The molecule has 15 heavy (non-hydrogen) atoms. The smallest absolute Gasteiger partial charge is 0.389 e. The Morgan fingerprint density at radius 3 is 2.33 bits per heavy atom. The van der Waals surface area contributed by atoms with Crippen molar-refractivity contribution in [2.45, 2.75) is 31.5 Å². The lowest BCUT2D eigenvalue weighted by Gasteiger charge is -2.18. The Labute approximate surface area is 85.1 Å². The summed E-state index contributed by atoms with van der Waals surface area (Å²) in [6.45, 7) is 0.815. The first kappa shape index (κ1) is 14.2. The zero-order valence-electron chi connectivity index (χ0n) is 8.26. The van der Waals surface area contributed by atoms with Crippen LogP contribution in [0.15, 0.2) is 0 Å². The van der Waals surface area contributed by atoms with Crippen LogP contribution in [0.3, 0.4) is 0 Å². The number of rotatable bonds is 6. The molecule has 0 aromatic carbocycles. The lowest BCUT2D eigenvalue weighted by molar-refractivity contribution is -0.156. The van der Waals surface area contributed by atoms with Gasteiger partial charge in [0, 0.05) is 13.0 Å². The van der Waals surface area contributed by atoms with E-state index in [4.69, 9.17) is 10.2 Å². The third kappa shape index (κ3) is 7.15. The van der Waals surface area contributed by atoms with Gasteiger partial charge in [0.05, 0.1) is 0 Å². The second-order valence-corrected chi connectivity index (χ2v) is 3.47. The van der Waals surface area contributed by atoms with Crippen molar-refractivity contribution in [2.24, 2.45) is 0 Å². The second kappa shape index (κ2) is 5.32. The highest BCUT2D eigenvalue weighted by Crippen LogP contribution is 2.20. The van der Waals surface area contributed by atoms with Crippen LogP contribution >= 0.6 is 0 Å². The predicted molar refractivity (Wildman–Crippen MR) is 46.4 cm³/mol. The van der Waals surface area contributed by atoms with Crippen LogP contribution in [0.4, 0.5) is 13.2 Å². The van der Waals surface area contributed by atoms with Crippen LogP contribution in [-0.4, -0.2) is 41.0 Å². The molecule has 90 valence electrons. The largest absolute Gasteiger partial charge is 0.479 e. The van der Waals surface area contributed by atoms with Crippen LogP contribution < -0.4 is 5.32 Å². The summed E-state index contributed by atoms with van der Waals surface area (Å²) in [5, 5.41) is 20.1. The van der Waals surface area contributed by atoms with Crippen LogP contribution in [0.25, 0.3) is 0 Å². The van der Waals surface area contributed by atoms with Crippen molar-refractivity contribution in [3.63, 3.8) is 0 Å². The Kier molecular flexibility index (Phi) is 5.02. The van der Waals surface area contributed by atoms with E-state index < -0.39 is 24.2 Å². The minimum absolute atomic E-state index is 0.0168. The van der Waals surface area contributed by atoms with E-state index in [1.54, 1.807) is 0 Å². The number of halogens is 3. The molecule has 0 saturated heterocycles. The fourth-order valence-electron chi connectivity index (χ4n) is 0.821. The van der Waals surface area contributed by atoms with E-state index in [0.717, 1.165) is 6.92 Å². The quantitative estimate of drug-likeness (QED) is 0.588. The van der Waals surface area contributed by atoms with E-state index in [1.165, 1.54) is 0 Å². The molecule has 0 aromatic rings. The van der Waals surface area contributed by atoms with Gasteiger partial charge in [-0.25, -0.2) is 4.79 Å². The maximum Gasteiger partial charge on any atom is 0.389 e. The van der Waals surface area contributed by atoms with Crippen molar-refractivity contribution in [1.29, 1.82) is 0 Å². The maximum absolute atomic E-state index is 11.7. The predicted octanol–water partition coefficient (Wildman–Crippen LogP) is 0.754. The molecule has 1 atom stereocenters. The number of carbonyl (C=O) groups is 1. The molecule has 0 radical (unpaired) electrons. The third-order valence-corrected chi connectivity index (χ3v) is 1.74. The molecule has 0 heterocycles. The number of carboxylic acid groups (broad SMARTS) is 1. The topological polar surface area (TPSA) is 69.6 Å². The van der Waals surface area contributed by atoms with Crippen LogP contribution in [0.2, 0.25) is 0 Å². The summed E-state index contributed by atoms with van der Waals surface area (Å²) in [5.74, 6) is -1.41. The molecule has 0 amide bonds. The number of aliphatic hydroxyl groups is 1. The van der Waals surface area contributed by atoms with Crippen molar-refractivity contribution < 1.29 is 28.2 Å². The fourth-order valence-corrected chi connectivity index (χ4v) is 0.821. The Hall–Kier alpha value is -0.820. The Morgan fingerprint density at radius 1 is 1.40 bits per heavy atom. The minimum Gasteiger partial charge on any atom is -0.479 e. The van der Waals surface area contributed by atoms with Gasteiger partial charge in [-0.3, -0.25) is 0 Å². The standard InChI is InChI=1S/C8H14F3NO3/c1-7(15,6(13)14)5-12-4-2-3-8(9,10)11/h12,15H,2-5H2,1H3,(H,13,14). The molecule has 0 bridgehead atoms. The minimum atomic E-state index is -4.20. The van der Waals surface area contributed by atoms with Gasteiger partial charge < -0.3 is 15.5 Å². The van der Waals surface area contributed by atoms with Gasteiger partial charge in [0.25, 0.3) is 0 Å². The van der Waals surface area contributed by atoms with E-state index in [0.29, 0.717) is 0 Å². The molecule has 0 saturated carbocycles. The lowest BCUT2D eigenvalue weighted by atomic mass is 10.1. The van der Waals surface area contributed by atoms with Gasteiger partial charge in [0.2, 0.25) is 0 Å². The second-order valence-electron chi connectivity index (χ2n) is 3.47. The Balaban J connectivity index is 3.60. The van der Waals surface area contributed by atoms with Gasteiger partial charge in [-0.1, -0.05) is 0 Å². The molecule has 4 nitrogen and oxygen atoms in total. The first-order valence-corrected chi connectivity index (χ1v) is 4.38. The van der Waals surface area contributed by atoms with Gasteiger partial charge >= 0.3 is 12.1 Å². The average molecular weight is 229 g/mol. The number of hydrogen-bond donors (Lipinski definition) is 3. The van der Waals surface area contributed by atoms with Gasteiger partial charge in [-0.15, -0.1) is 0 Å². The number of aliphatic carboxylic acids is 1. The monoisotopic (exact) mass is 229 g/mol. The van der Waals surface area contributed by atoms with Gasteiger partial charge in [-0.05, 0) is 19.9 Å². The van der Waals surface area contributed by atoms with E-state index in [2.05, 4.69) is 5.32 Å². The van der Waals surface area contributed by atoms with Crippen LogP contribution in [0.1, 0.15) is 19.8 Å². The summed E-state index contributed by atoms with van der Waals surface area (Å²) in [7, 11) is 0.